The molecule has 2 aromatic carbocycles. The summed E-state index contributed by atoms with van der Waals surface area (Å²) in [5.74, 6) is -0.0882. The Hall–Kier alpha value is -1.96. The van der Waals surface area contributed by atoms with E-state index in [0.29, 0.717) is 27.8 Å². The second kappa shape index (κ2) is 8.59. The number of carbonyl (C=O) groups is 1. The van der Waals surface area contributed by atoms with Gasteiger partial charge in [0, 0.05) is 5.56 Å². The summed E-state index contributed by atoms with van der Waals surface area (Å²) in [6.45, 7) is 3.53. The minimum atomic E-state index is -4.72. The summed E-state index contributed by atoms with van der Waals surface area (Å²) < 4.78 is 35.5. The Morgan fingerprint density at radius 1 is 1.00 bits per heavy atom. The van der Waals surface area contributed by atoms with Gasteiger partial charge < -0.3 is 9.66 Å². The van der Waals surface area contributed by atoms with Crippen molar-refractivity contribution in [1.29, 1.82) is 0 Å². The molecular weight excluding hydrogens is 387 g/mol. The van der Waals surface area contributed by atoms with Crippen molar-refractivity contribution in [1.82, 2.24) is 0 Å². The van der Waals surface area contributed by atoms with E-state index in [0.717, 1.165) is 0 Å². The van der Waals surface area contributed by atoms with Gasteiger partial charge in [-0.15, -0.1) is 0 Å². The van der Waals surface area contributed by atoms with Crippen LogP contribution in [0.5, 0.6) is 5.75 Å². The topological polar surface area (TPSA) is 94.5 Å². The Bertz CT molecular complexity index is 1140. The second-order valence-electron chi connectivity index (χ2n) is 6.30. The summed E-state index contributed by atoms with van der Waals surface area (Å²) in [6.07, 6.45) is 4.47. The molecule has 0 heterocycles. The largest absolute Gasteiger partial charge is 1.00 e. The van der Waals surface area contributed by atoms with Crippen LogP contribution in [0.25, 0.3) is 5.57 Å². The van der Waals surface area contributed by atoms with Crippen molar-refractivity contribution >= 4 is 21.5 Å². The monoisotopic (exact) mass is 404 g/mol. The molecule has 0 atom stereocenters. The predicted octanol–water partition coefficient (Wildman–Crippen LogP) is 0.496. The molecule has 0 bridgehead atoms. The number of phenolic OH excluding ortho intramolecular Hbond substituents is 1. The van der Waals surface area contributed by atoms with Crippen LogP contribution in [0.15, 0.2) is 76.7 Å². The second-order valence-corrected chi connectivity index (χ2v) is 7.65. The predicted molar refractivity (Wildman–Crippen MR) is 101 cm³/mol. The SMILES string of the molecule is CC1=CC(=O)C=C/C1=C(\c1ccc(O)cc1C)c1ccccc1S(=O)(=O)[O-].[Na+]. The summed E-state index contributed by atoms with van der Waals surface area (Å²) in [7, 11) is -4.72. The van der Waals surface area contributed by atoms with Gasteiger partial charge in [-0.25, -0.2) is 8.42 Å². The quantitative estimate of drug-likeness (QED) is 0.594. The number of aromatic hydroxyl groups is 1. The van der Waals surface area contributed by atoms with Crippen molar-refractivity contribution in [3.05, 3.63) is 88.5 Å². The van der Waals surface area contributed by atoms with Crippen molar-refractivity contribution in [3.8, 4) is 5.75 Å². The van der Waals surface area contributed by atoms with Crippen LogP contribution in [0.1, 0.15) is 23.6 Å². The van der Waals surface area contributed by atoms with Gasteiger partial charge in [-0.3, -0.25) is 4.79 Å². The molecule has 1 N–H and O–H groups in total. The third-order valence-corrected chi connectivity index (χ3v) is 5.27. The van der Waals surface area contributed by atoms with Crippen LogP contribution in [0.4, 0.5) is 0 Å². The normalized spacial score (nSPS) is 15.7. The van der Waals surface area contributed by atoms with E-state index >= 15 is 0 Å². The molecule has 5 nitrogen and oxygen atoms in total. The third kappa shape index (κ3) is 4.54. The number of phenols is 1. The average Bonchev–Trinajstić information content (AvgIpc) is 2.58. The number of aryl methyl sites for hydroxylation is 1. The molecule has 0 unspecified atom stereocenters. The van der Waals surface area contributed by atoms with E-state index in [1.54, 1.807) is 44.2 Å². The average molecular weight is 404 g/mol. The van der Waals surface area contributed by atoms with Crippen molar-refractivity contribution in [3.63, 3.8) is 0 Å². The molecule has 0 aliphatic heterocycles. The molecule has 7 heteroatoms. The molecule has 0 amide bonds. The summed E-state index contributed by atoms with van der Waals surface area (Å²) in [4.78, 5) is 11.4. The number of hydrogen-bond acceptors (Lipinski definition) is 5. The number of carbonyl (C=O) groups excluding carboxylic acids is 1. The van der Waals surface area contributed by atoms with Crippen LogP contribution in [0, 0.1) is 6.92 Å². The first kappa shape index (κ1) is 22.3. The standard InChI is InChI=1S/C21H18O5S.Na/c1-13-11-15(22)7-9-17(13)21(18-10-8-16(23)12-14(18)2)19-5-3-4-6-20(19)27(24,25)26;/h3-12,22H,1-2H3,(H,24,25,26);/q;+1/p-1/b21-18-;. The summed E-state index contributed by atoms with van der Waals surface area (Å²) in [6, 6.07) is 10.7. The third-order valence-electron chi connectivity index (χ3n) is 4.37. The van der Waals surface area contributed by atoms with Crippen molar-refractivity contribution < 1.29 is 52.4 Å². The van der Waals surface area contributed by atoms with Crippen LogP contribution >= 0.6 is 0 Å². The van der Waals surface area contributed by atoms with Crippen LogP contribution < -0.4 is 29.6 Å². The van der Waals surface area contributed by atoms with E-state index in [9.17, 15) is 22.9 Å². The van der Waals surface area contributed by atoms with Crippen LogP contribution in [-0.2, 0) is 14.9 Å². The summed E-state index contributed by atoms with van der Waals surface area (Å²) in [5, 5.41) is 9.74. The molecule has 2 aromatic rings. The summed E-state index contributed by atoms with van der Waals surface area (Å²) >= 11 is 0. The fourth-order valence-electron chi connectivity index (χ4n) is 3.17. The Kier molecular flexibility index (Phi) is 6.85. The molecular formula is C21H17NaO5S. The van der Waals surface area contributed by atoms with Crippen LogP contribution in [0.3, 0.4) is 0 Å². The molecule has 0 fully saturated rings. The minimum absolute atomic E-state index is 0. The van der Waals surface area contributed by atoms with Crippen molar-refractivity contribution in [2.45, 2.75) is 18.7 Å². The van der Waals surface area contributed by atoms with Gasteiger partial charge in [-0.1, -0.05) is 30.3 Å². The Balaban J connectivity index is 0.00000280. The maximum atomic E-state index is 11.8. The number of benzene rings is 2. The van der Waals surface area contributed by atoms with E-state index in [-0.39, 0.29) is 51.5 Å². The molecule has 0 radical (unpaired) electrons. The van der Waals surface area contributed by atoms with Crippen LogP contribution in [-0.4, -0.2) is 23.9 Å². The maximum Gasteiger partial charge on any atom is 1.00 e. The molecule has 28 heavy (non-hydrogen) atoms. The van der Waals surface area contributed by atoms with Crippen molar-refractivity contribution in [2.24, 2.45) is 0 Å². The van der Waals surface area contributed by atoms with Gasteiger partial charge in [-0.05, 0) is 72.0 Å². The zero-order valence-electron chi connectivity index (χ0n) is 15.8. The van der Waals surface area contributed by atoms with Crippen molar-refractivity contribution in [2.75, 3.05) is 0 Å². The first-order chi connectivity index (χ1) is 12.7. The molecule has 0 aromatic heterocycles. The van der Waals surface area contributed by atoms with Gasteiger partial charge >= 0.3 is 29.6 Å². The van der Waals surface area contributed by atoms with E-state index in [2.05, 4.69) is 0 Å². The Morgan fingerprint density at radius 3 is 2.29 bits per heavy atom. The number of ketones is 1. The molecule has 138 valence electrons. The molecule has 0 saturated heterocycles. The van der Waals surface area contributed by atoms with Gasteiger partial charge in [0.05, 0.1) is 4.90 Å². The molecule has 3 rings (SSSR count). The number of rotatable bonds is 3. The fraction of sp³-hybridized carbons (Fsp3) is 0.0952. The first-order valence-electron chi connectivity index (χ1n) is 8.19. The van der Waals surface area contributed by atoms with Gasteiger partial charge in [0.25, 0.3) is 0 Å². The number of hydrogen-bond donors (Lipinski definition) is 1. The fourth-order valence-corrected chi connectivity index (χ4v) is 3.86. The first-order valence-corrected chi connectivity index (χ1v) is 9.59. The molecule has 0 spiro atoms. The maximum absolute atomic E-state index is 11.8. The van der Waals surface area contributed by atoms with Crippen LogP contribution in [0.2, 0.25) is 0 Å². The zero-order valence-corrected chi connectivity index (χ0v) is 18.6. The minimum Gasteiger partial charge on any atom is -0.744 e. The Labute approximate surface area is 186 Å². The Morgan fingerprint density at radius 2 is 1.68 bits per heavy atom. The molecule has 1 aliphatic carbocycles. The van der Waals surface area contributed by atoms with E-state index in [1.165, 1.54) is 30.4 Å². The van der Waals surface area contributed by atoms with E-state index in [4.69, 9.17) is 0 Å². The molecule has 1 aliphatic rings. The van der Waals surface area contributed by atoms with Gasteiger partial charge in [0.2, 0.25) is 0 Å². The van der Waals surface area contributed by atoms with E-state index < -0.39 is 10.1 Å². The van der Waals surface area contributed by atoms with Gasteiger partial charge in [0.15, 0.2) is 5.78 Å². The van der Waals surface area contributed by atoms with E-state index in [1.807, 2.05) is 0 Å². The molecule has 0 saturated carbocycles. The smallest absolute Gasteiger partial charge is 0.744 e. The number of allylic oxidation sites excluding steroid dienone is 5. The van der Waals surface area contributed by atoms with Gasteiger partial charge in [0.1, 0.15) is 15.9 Å². The summed E-state index contributed by atoms with van der Waals surface area (Å²) in [5.41, 5.74) is 3.42. The zero-order chi connectivity index (χ0) is 19.8. The van der Waals surface area contributed by atoms with Gasteiger partial charge in [-0.2, -0.15) is 0 Å².